The van der Waals surface area contributed by atoms with Gasteiger partial charge >= 0.3 is 0 Å². The third-order valence-electron chi connectivity index (χ3n) is 5.54. The van der Waals surface area contributed by atoms with E-state index in [1.54, 1.807) is 35.4 Å². The van der Waals surface area contributed by atoms with Crippen LogP contribution in [0.15, 0.2) is 70.1 Å². The molecule has 1 amide bonds. The fraction of sp³-hybridized carbons (Fsp3) is 0.333. The van der Waals surface area contributed by atoms with Crippen molar-refractivity contribution in [1.82, 2.24) is 14.8 Å². The van der Waals surface area contributed by atoms with Crippen LogP contribution in [0, 0.1) is 0 Å². The highest BCUT2D eigenvalue weighted by Crippen LogP contribution is 2.18. The van der Waals surface area contributed by atoms with Gasteiger partial charge in [-0.3, -0.25) is 14.5 Å². The van der Waals surface area contributed by atoms with Crippen LogP contribution in [0.25, 0.3) is 11.5 Å². The summed E-state index contributed by atoms with van der Waals surface area (Å²) in [5, 5.41) is 0. The number of nitrogens with zero attached hydrogens (tertiary/aromatic N) is 2. The number of hydrogen-bond donors (Lipinski definition) is 1. The molecule has 2 aromatic heterocycles. The number of carbonyl (C=O) groups excluding carboxylic acids is 1. The summed E-state index contributed by atoms with van der Waals surface area (Å²) >= 11 is 0. The van der Waals surface area contributed by atoms with Crippen molar-refractivity contribution in [2.75, 3.05) is 32.8 Å². The summed E-state index contributed by atoms with van der Waals surface area (Å²) < 4.78 is 10.8. The highest BCUT2D eigenvalue weighted by molar-refractivity contribution is 5.94. The molecule has 1 N–H and O–H groups in total. The molecule has 1 aromatic carbocycles. The lowest BCUT2D eigenvalue weighted by Gasteiger charge is -2.35. The lowest BCUT2D eigenvalue weighted by molar-refractivity contribution is 0.0228. The van der Waals surface area contributed by atoms with E-state index < -0.39 is 5.56 Å². The first-order valence-corrected chi connectivity index (χ1v) is 10.5. The second kappa shape index (κ2) is 9.76. The van der Waals surface area contributed by atoms with E-state index in [0.29, 0.717) is 31.2 Å². The number of furan rings is 1. The predicted octanol–water partition coefficient (Wildman–Crippen LogP) is 3.00. The second-order valence-electron chi connectivity index (χ2n) is 7.77. The van der Waals surface area contributed by atoms with Gasteiger partial charge in [-0.25, -0.2) is 0 Å². The zero-order valence-electron chi connectivity index (χ0n) is 17.6. The molecule has 3 aromatic rings. The number of pyridine rings is 1. The zero-order valence-corrected chi connectivity index (χ0v) is 17.6. The van der Waals surface area contributed by atoms with Gasteiger partial charge in [-0.1, -0.05) is 30.3 Å². The van der Waals surface area contributed by atoms with Gasteiger partial charge in [-0.2, -0.15) is 0 Å². The Hall–Kier alpha value is -3.16. The molecule has 4 rings (SSSR count). The Bertz CT molecular complexity index is 1040. The number of carbonyl (C=O) groups is 1. The molecule has 1 aliphatic heterocycles. The van der Waals surface area contributed by atoms with Crippen LogP contribution in [-0.2, 0) is 11.3 Å². The van der Waals surface area contributed by atoms with Gasteiger partial charge in [0, 0.05) is 32.2 Å². The van der Waals surface area contributed by atoms with Gasteiger partial charge in [0.05, 0.1) is 25.2 Å². The second-order valence-corrected chi connectivity index (χ2v) is 7.77. The molecule has 162 valence electrons. The quantitative estimate of drug-likeness (QED) is 0.635. The van der Waals surface area contributed by atoms with Gasteiger partial charge in [-0.15, -0.1) is 0 Å². The SMILES string of the molecule is CC(CN1CCOCC1)N(Cc1ccccc1)C(=O)c1ccc(-c2ccco2)[nH]c1=O. The molecule has 0 aliphatic carbocycles. The molecule has 1 fully saturated rings. The number of nitrogens with one attached hydrogen (secondary N) is 1. The normalized spacial score (nSPS) is 15.5. The van der Waals surface area contributed by atoms with Crippen molar-refractivity contribution in [2.45, 2.75) is 19.5 Å². The lowest BCUT2D eigenvalue weighted by atomic mass is 10.1. The molecule has 1 atom stereocenters. The maximum atomic E-state index is 13.5. The average Bonchev–Trinajstić information content (AvgIpc) is 3.33. The first-order chi connectivity index (χ1) is 15.1. The minimum absolute atomic E-state index is 0.0741. The van der Waals surface area contributed by atoms with E-state index in [4.69, 9.17) is 9.15 Å². The van der Waals surface area contributed by atoms with Crippen LogP contribution in [0.5, 0.6) is 0 Å². The van der Waals surface area contributed by atoms with E-state index >= 15 is 0 Å². The van der Waals surface area contributed by atoms with Gasteiger partial charge in [0.1, 0.15) is 11.3 Å². The number of rotatable bonds is 7. The summed E-state index contributed by atoms with van der Waals surface area (Å²) in [6.45, 7) is 6.28. The van der Waals surface area contributed by atoms with Crippen molar-refractivity contribution in [3.8, 4) is 11.5 Å². The molecule has 31 heavy (non-hydrogen) atoms. The maximum Gasteiger partial charge on any atom is 0.261 e. The van der Waals surface area contributed by atoms with E-state index in [1.165, 1.54) is 0 Å². The molecule has 7 nitrogen and oxygen atoms in total. The predicted molar refractivity (Wildman–Crippen MR) is 118 cm³/mol. The van der Waals surface area contributed by atoms with Gasteiger partial charge in [-0.05, 0) is 36.8 Å². The standard InChI is InChI=1S/C24H27N3O4/c1-18(16-26-11-14-30-15-12-26)27(17-19-6-3-2-4-7-19)24(29)20-9-10-21(25-23(20)28)22-8-5-13-31-22/h2-10,13,18H,11-12,14-17H2,1H3,(H,25,28). The van der Waals surface area contributed by atoms with Crippen LogP contribution in [0.3, 0.4) is 0 Å². The molecule has 0 saturated carbocycles. The van der Waals surface area contributed by atoms with Gasteiger partial charge in [0.2, 0.25) is 0 Å². The van der Waals surface area contributed by atoms with Gasteiger partial charge < -0.3 is 19.0 Å². The van der Waals surface area contributed by atoms with Crippen molar-refractivity contribution in [3.05, 3.63) is 82.3 Å². The third kappa shape index (κ3) is 5.13. The summed E-state index contributed by atoms with van der Waals surface area (Å²) in [5.74, 6) is 0.273. The van der Waals surface area contributed by atoms with Crippen molar-refractivity contribution < 1.29 is 13.9 Å². The Labute approximate surface area is 181 Å². The Balaban J connectivity index is 1.59. The van der Waals surface area contributed by atoms with Crippen molar-refractivity contribution in [1.29, 1.82) is 0 Å². The summed E-state index contributed by atoms with van der Waals surface area (Å²) in [6, 6.07) is 16.6. The molecule has 1 unspecified atom stereocenters. The fourth-order valence-corrected chi connectivity index (χ4v) is 3.84. The average molecular weight is 421 g/mol. The molecular weight excluding hydrogens is 394 g/mol. The smallest absolute Gasteiger partial charge is 0.261 e. The molecule has 3 heterocycles. The third-order valence-corrected chi connectivity index (χ3v) is 5.54. The van der Waals surface area contributed by atoms with E-state index in [9.17, 15) is 9.59 Å². The number of aromatic nitrogens is 1. The van der Waals surface area contributed by atoms with Gasteiger partial charge in [0.25, 0.3) is 11.5 Å². The Morgan fingerprint density at radius 1 is 1.10 bits per heavy atom. The lowest BCUT2D eigenvalue weighted by Crippen LogP contribution is -2.48. The van der Waals surface area contributed by atoms with Crippen molar-refractivity contribution in [3.63, 3.8) is 0 Å². The number of aromatic amines is 1. The molecule has 0 spiro atoms. The van der Waals surface area contributed by atoms with Crippen LogP contribution in [-0.4, -0.2) is 59.6 Å². The van der Waals surface area contributed by atoms with Gasteiger partial charge in [0.15, 0.2) is 0 Å². The summed E-state index contributed by atoms with van der Waals surface area (Å²) in [6.07, 6.45) is 1.54. The number of amides is 1. The Kier molecular flexibility index (Phi) is 6.64. The molecule has 1 saturated heterocycles. The Morgan fingerprint density at radius 3 is 2.55 bits per heavy atom. The zero-order chi connectivity index (χ0) is 21.6. The van der Waals surface area contributed by atoms with E-state index in [1.807, 2.05) is 37.3 Å². The summed E-state index contributed by atoms with van der Waals surface area (Å²) in [5.41, 5.74) is 1.27. The highest BCUT2D eigenvalue weighted by atomic mass is 16.5. The van der Waals surface area contributed by atoms with Crippen LogP contribution in [0.2, 0.25) is 0 Å². The topological polar surface area (TPSA) is 78.8 Å². The van der Waals surface area contributed by atoms with Crippen molar-refractivity contribution in [2.24, 2.45) is 0 Å². The van der Waals surface area contributed by atoms with E-state index in [-0.39, 0.29) is 17.5 Å². The minimum atomic E-state index is -0.421. The van der Waals surface area contributed by atoms with E-state index in [0.717, 1.165) is 25.2 Å². The maximum absolute atomic E-state index is 13.5. The molecule has 0 radical (unpaired) electrons. The van der Waals surface area contributed by atoms with Crippen LogP contribution in [0.4, 0.5) is 0 Å². The number of morpholine rings is 1. The largest absolute Gasteiger partial charge is 0.463 e. The number of ether oxygens (including phenoxy) is 1. The van der Waals surface area contributed by atoms with Crippen LogP contribution in [0.1, 0.15) is 22.8 Å². The highest BCUT2D eigenvalue weighted by Gasteiger charge is 2.26. The minimum Gasteiger partial charge on any atom is -0.463 e. The monoisotopic (exact) mass is 421 g/mol. The first kappa shape index (κ1) is 21.1. The molecule has 7 heteroatoms. The molecule has 0 bridgehead atoms. The van der Waals surface area contributed by atoms with Crippen LogP contribution < -0.4 is 5.56 Å². The molecule has 1 aliphatic rings. The fourth-order valence-electron chi connectivity index (χ4n) is 3.84. The number of H-pyrrole nitrogens is 1. The Morgan fingerprint density at radius 2 is 1.87 bits per heavy atom. The number of benzene rings is 1. The van der Waals surface area contributed by atoms with Crippen molar-refractivity contribution >= 4 is 5.91 Å². The van der Waals surface area contributed by atoms with Crippen LogP contribution >= 0.6 is 0 Å². The summed E-state index contributed by atoms with van der Waals surface area (Å²) in [4.78, 5) is 33.1. The first-order valence-electron chi connectivity index (χ1n) is 10.5. The number of hydrogen-bond acceptors (Lipinski definition) is 5. The van der Waals surface area contributed by atoms with E-state index in [2.05, 4.69) is 9.88 Å². The molecular formula is C24H27N3O4. The summed E-state index contributed by atoms with van der Waals surface area (Å²) in [7, 11) is 0.